The number of hydrogen-bond acceptors (Lipinski definition) is 3. The van der Waals surface area contributed by atoms with Gasteiger partial charge in [0.05, 0.1) is 13.2 Å². The van der Waals surface area contributed by atoms with Crippen molar-refractivity contribution in [2.45, 2.75) is 45.6 Å². The van der Waals surface area contributed by atoms with Crippen LogP contribution < -0.4 is 15.2 Å². The molecule has 2 N–H and O–H groups in total. The molecule has 21 heavy (non-hydrogen) atoms. The summed E-state index contributed by atoms with van der Waals surface area (Å²) in [7, 11) is 0. The lowest BCUT2D eigenvalue weighted by atomic mass is 9.76. The summed E-state index contributed by atoms with van der Waals surface area (Å²) >= 11 is 6.47. The molecule has 1 aliphatic carbocycles. The highest BCUT2D eigenvalue weighted by Gasteiger charge is 2.39. The topological polar surface area (TPSA) is 44.5 Å². The molecule has 2 unspecified atom stereocenters. The number of rotatable bonds is 2. The van der Waals surface area contributed by atoms with Crippen molar-refractivity contribution in [3.63, 3.8) is 0 Å². The Morgan fingerprint density at radius 3 is 2.48 bits per heavy atom. The highest BCUT2D eigenvalue weighted by molar-refractivity contribution is 6.31. The first-order valence-electron chi connectivity index (χ1n) is 7.84. The minimum Gasteiger partial charge on any atom is -0.490 e. The van der Waals surface area contributed by atoms with Gasteiger partial charge in [-0.15, -0.1) is 0 Å². The third-order valence-electron chi connectivity index (χ3n) is 5.00. The second-order valence-electron chi connectivity index (χ2n) is 6.88. The Morgan fingerprint density at radius 2 is 1.86 bits per heavy atom. The van der Waals surface area contributed by atoms with E-state index in [0.717, 1.165) is 23.5 Å². The summed E-state index contributed by atoms with van der Waals surface area (Å²) in [6.45, 7) is 5.96. The summed E-state index contributed by atoms with van der Waals surface area (Å²) in [5, 5.41) is 0.689. The standard InChI is InChI=1S/C17H24ClNO2/c1-17(2)6-3-5-12(17)16(19)11-9-14-15(10-13(11)18)21-8-4-7-20-14/h9-10,12,16H,3-8,19H2,1-2H3. The maximum absolute atomic E-state index is 6.57. The van der Waals surface area contributed by atoms with E-state index < -0.39 is 0 Å². The Bertz CT molecular complexity index is 530. The van der Waals surface area contributed by atoms with Gasteiger partial charge in [-0.1, -0.05) is 31.9 Å². The molecule has 0 aromatic heterocycles. The van der Waals surface area contributed by atoms with Gasteiger partial charge in [-0.25, -0.2) is 0 Å². The highest BCUT2D eigenvalue weighted by atomic mass is 35.5. The maximum Gasteiger partial charge on any atom is 0.162 e. The minimum absolute atomic E-state index is 0.0489. The molecule has 0 spiro atoms. The fourth-order valence-electron chi connectivity index (χ4n) is 3.69. The molecule has 0 bridgehead atoms. The third kappa shape index (κ3) is 2.86. The first-order valence-corrected chi connectivity index (χ1v) is 8.21. The molecule has 1 aromatic carbocycles. The first-order chi connectivity index (χ1) is 9.99. The zero-order valence-corrected chi connectivity index (χ0v) is 13.6. The average molecular weight is 310 g/mol. The van der Waals surface area contributed by atoms with Crippen molar-refractivity contribution in [3.8, 4) is 11.5 Å². The number of benzene rings is 1. The van der Waals surface area contributed by atoms with E-state index in [1.54, 1.807) is 0 Å². The van der Waals surface area contributed by atoms with Crippen LogP contribution in [0, 0.1) is 11.3 Å². The van der Waals surface area contributed by atoms with Crippen LogP contribution in [0.15, 0.2) is 12.1 Å². The van der Waals surface area contributed by atoms with E-state index in [1.807, 2.05) is 12.1 Å². The number of fused-ring (bicyclic) bond motifs is 1. The molecule has 3 rings (SSSR count). The van der Waals surface area contributed by atoms with Crippen molar-refractivity contribution >= 4 is 11.6 Å². The van der Waals surface area contributed by atoms with Crippen LogP contribution in [-0.2, 0) is 0 Å². The van der Waals surface area contributed by atoms with Crippen LogP contribution in [0.5, 0.6) is 11.5 Å². The molecule has 1 saturated carbocycles. The number of hydrogen-bond donors (Lipinski definition) is 1. The van der Waals surface area contributed by atoms with E-state index in [2.05, 4.69) is 13.8 Å². The van der Waals surface area contributed by atoms with Gasteiger partial charge in [0.15, 0.2) is 11.5 Å². The van der Waals surface area contributed by atoms with Gasteiger partial charge in [0.1, 0.15) is 0 Å². The van der Waals surface area contributed by atoms with Gasteiger partial charge in [0, 0.05) is 23.6 Å². The Labute approximate surface area is 131 Å². The quantitative estimate of drug-likeness (QED) is 0.884. The Kier molecular flexibility index (Phi) is 4.06. The van der Waals surface area contributed by atoms with Crippen LogP contribution >= 0.6 is 11.6 Å². The Hall–Kier alpha value is -0.930. The van der Waals surface area contributed by atoms with Crippen LogP contribution in [0.3, 0.4) is 0 Å². The van der Waals surface area contributed by atoms with Crippen LogP contribution in [-0.4, -0.2) is 13.2 Å². The SMILES string of the molecule is CC1(C)CCCC1C(N)c1cc2c(cc1Cl)OCCCO2. The van der Waals surface area contributed by atoms with E-state index in [1.165, 1.54) is 19.3 Å². The second-order valence-corrected chi connectivity index (χ2v) is 7.29. The Balaban J connectivity index is 1.93. The Morgan fingerprint density at radius 1 is 1.19 bits per heavy atom. The molecule has 1 fully saturated rings. The molecule has 2 aliphatic rings. The maximum atomic E-state index is 6.57. The molecule has 3 nitrogen and oxygen atoms in total. The normalized spacial score (nSPS) is 25.4. The van der Waals surface area contributed by atoms with Crippen LogP contribution in [0.25, 0.3) is 0 Å². The molecule has 0 amide bonds. The molecule has 1 heterocycles. The smallest absolute Gasteiger partial charge is 0.162 e. The molecule has 0 saturated heterocycles. The van der Waals surface area contributed by atoms with Crippen LogP contribution in [0.1, 0.15) is 51.1 Å². The second kappa shape index (κ2) is 5.69. The fourth-order valence-corrected chi connectivity index (χ4v) is 3.97. The summed E-state index contributed by atoms with van der Waals surface area (Å²) in [5.41, 5.74) is 7.83. The molecule has 116 valence electrons. The van der Waals surface area contributed by atoms with Crippen molar-refractivity contribution in [2.24, 2.45) is 17.1 Å². The van der Waals surface area contributed by atoms with E-state index >= 15 is 0 Å². The summed E-state index contributed by atoms with van der Waals surface area (Å²) in [6.07, 6.45) is 4.53. The summed E-state index contributed by atoms with van der Waals surface area (Å²) < 4.78 is 11.4. The van der Waals surface area contributed by atoms with Gasteiger partial charge in [-0.3, -0.25) is 0 Å². The summed E-state index contributed by atoms with van der Waals surface area (Å²) in [5.74, 6) is 1.97. The number of halogens is 1. The predicted molar refractivity (Wildman–Crippen MR) is 85.1 cm³/mol. The van der Waals surface area contributed by atoms with Crippen molar-refractivity contribution in [1.82, 2.24) is 0 Å². The molecule has 1 aliphatic heterocycles. The van der Waals surface area contributed by atoms with Gasteiger partial charge in [0.2, 0.25) is 0 Å². The summed E-state index contributed by atoms with van der Waals surface area (Å²) in [6, 6.07) is 3.80. The largest absolute Gasteiger partial charge is 0.490 e. The molecule has 2 atom stereocenters. The molecule has 1 aromatic rings. The van der Waals surface area contributed by atoms with Crippen LogP contribution in [0.2, 0.25) is 5.02 Å². The van der Waals surface area contributed by atoms with Gasteiger partial charge in [-0.05, 0) is 35.8 Å². The van der Waals surface area contributed by atoms with Crippen molar-refractivity contribution in [2.75, 3.05) is 13.2 Å². The zero-order valence-electron chi connectivity index (χ0n) is 12.8. The van der Waals surface area contributed by atoms with Gasteiger partial charge < -0.3 is 15.2 Å². The zero-order chi connectivity index (χ0) is 15.0. The summed E-state index contributed by atoms with van der Waals surface area (Å²) in [4.78, 5) is 0. The van der Waals surface area contributed by atoms with E-state index in [9.17, 15) is 0 Å². The van der Waals surface area contributed by atoms with Crippen LogP contribution in [0.4, 0.5) is 0 Å². The average Bonchev–Trinajstić information content (AvgIpc) is 2.65. The van der Waals surface area contributed by atoms with Crippen molar-refractivity contribution < 1.29 is 9.47 Å². The van der Waals surface area contributed by atoms with Crippen molar-refractivity contribution in [3.05, 3.63) is 22.7 Å². The fraction of sp³-hybridized carbons (Fsp3) is 0.647. The molecule has 4 heteroatoms. The predicted octanol–water partition coefficient (Wildman–Crippen LogP) is 4.33. The lowest BCUT2D eigenvalue weighted by Crippen LogP contribution is -2.29. The molecular formula is C17H24ClNO2. The number of ether oxygens (including phenoxy) is 2. The monoisotopic (exact) mass is 309 g/mol. The van der Waals surface area contributed by atoms with E-state index in [-0.39, 0.29) is 11.5 Å². The minimum atomic E-state index is -0.0489. The lowest BCUT2D eigenvalue weighted by Gasteiger charge is -2.32. The van der Waals surface area contributed by atoms with Gasteiger partial charge in [-0.2, -0.15) is 0 Å². The van der Waals surface area contributed by atoms with E-state index in [0.29, 0.717) is 24.2 Å². The van der Waals surface area contributed by atoms with Gasteiger partial charge in [0.25, 0.3) is 0 Å². The van der Waals surface area contributed by atoms with E-state index in [4.69, 9.17) is 26.8 Å². The highest BCUT2D eigenvalue weighted by Crippen LogP contribution is 2.49. The molecule has 0 radical (unpaired) electrons. The molecular weight excluding hydrogens is 286 g/mol. The lowest BCUT2D eigenvalue weighted by molar-refractivity contribution is 0.221. The van der Waals surface area contributed by atoms with Crippen molar-refractivity contribution in [1.29, 1.82) is 0 Å². The number of nitrogens with two attached hydrogens (primary N) is 1. The van der Waals surface area contributed by atoms with Gasteiger partial charge >= 0.3 is 0 Å². The first kappa shape index (κ1) is 15.0. The third-order valence-corrected chi connectivity index (χ3v) is 5.33.